The summed E-state index contributed by atoms with van der Waals surface area (Å²) in [5.74, 6) is 0. The maximum atomic E-state index is 9.88. The fraction of sp³-hybridized carbons (Fsp3) is 0.357. The van der Waals surface area contributed by atoms with Gasteiger partial charge in [-0.15, -0.1) is 0 Å². The average molecular weight is 292 g/mol. The van der Waals surface area contributed by atoms with Crippen LogP contribution in [0.4, 0.5) is 0 Å². The molecule has 3 atom stereocenters. The Kier molecular flexibility index (Phi) is 3.47. The third-order valence-corrected chi connectivity index (χ3v) is 3.81. The molecule has 5 nitrogen and oxygen atoms in total. The van der Waals surface area contributed by atoms with E-state index in [4.69, 9.17) is 17.0 Å². The third kappa shape index (κ3) is 2.31. The largest absolute Gasteiger partial charge is 0.388 e. The second kappa shape index (κ2) is 5.14. The van der Waals surface area contributed by atoms with E-state index >= 15 is 0 Å². The van der Waals surface area contributed by atoms with Crippen molar-refractivity contribution in [2.45, 2.75) is 25.2 Å². The molecule has 2 aromatic rings. The number of H-pyrrole nitrogens is 1. The fourth-order valence-electron chi connectivity index (χ4n) is 2.33. The number of hydrogen-bond donors (Lipinski definition) is 3. The summed E-state index contributed by atoms with van der Waals surface area (Å²) in [6, 6.07) is 7.97. The first kappa shape index (κ1) is 13.5. The molecule has 0 saturated carbocycles. The minimum absolute atomic E-state index is 0.127. The molecule has 0 unspecified atom stereocenters. The van der Waals surface area contributed by atoms with Crippen LogP contribution < -0.4 is 0 Å². The number of nitrogens with zero attached hydrogens (tertiary/aromatic N) is 1. The number of aliphatic hydroxyl groups is 2. The number of aromatic nitrogens is 2. The smallest absolute Gasteiger partial charge is 0.182 e. The summed E-state index contributed by atoms with van der Waals surface area (Å²) < 4.78 is 7.75. The predicted octanol–water partition coefficient (Wildman–Crippen LogP) is 1.64. The molecule has 0 radical (unpaired) electrons. The van der Waals surface area contributed by atoms with E-state index in [-0.39, 0.29) is 6.61 Å². The predicted molar refractivity (Wildman–Crippen MR) is 76.4 cm³/mol. The summed E-state index contributed by atoms with van der Waals surface area (Å²) in [5, 5.41) is 19.4. The highest BCUT2D eigenvalue weighted by molar-refractivity contribution is 7.71. The van der Waals surface area contributed by atoms with Crippen molar-refractivity contribution in [1.29, 1.82) is 0 Å². The Morgan fingerprint density at radius 1 is 1.30 bits per heavy atom. The molecule has 1 aromatic heterocycles. The molecule has 0 amide bonds. The maximum Gasteiger partial charge on any atom is 0.182 e. The summed E-state index contributed by atoms with van der Waals surface area (Å²) in [7, 11) is 0. The van der Waals surface area contributed by atoms with E-state index in [0.29, 0.717) is 10.5 Å². The number of hydrogen-bond acceptors (Lipinski definition) is 4. The topological polar surface area (TPSA) is 70.4 Å². The van der Waals surface area contributed by atoms with Gasteiger partial charge < -0.3 is 19.9 Å². The van der Waals surface area contributed by atoms with Crippen LogP contribution in [-0.4, -0.2) is 38.6 Å². The second-order valence-corrected chi connectivity index (χ2v) is 5.42. The molecule has 106 valence electrons. The minimum atomic E-state index is -0.936. The molecule has 1 aliphatic heterocycles. The van der Waals surface area contributed by atoms with Gasteiger partial charge in [0.2, 0.25) is 0 Å². The molecular formula is C14H16N2O3S. The van der Waals surface area contributed by atoms with Crippen molar-refractivity contribution in [3.63, 3.8) is 0 Å². The van der Waals surface area contributed by atoms with Crippen LogP contribution in [0, 0.1) is 11.7 Å². The van der Waals surface area contributed by atoms with Gasteiger partial charge in [-0.05, 0) is 31.3 Å². The Bertz CT molecular complexity index is 662. The quantitative estimate of drug-likeness (QED) is 0.736. The van der Waals surface area contributed by atoms with Gasteiger partial charge in [-0.25, -0.2) is 0 Å². The highest BCUT2D eigenvalue weighted by Gasteiger charge is 2.36. The third-order valence-electron chi connectivity index (χ3n) is 3.51. The van der Waals surface area contributed by atoms with Crippen LogP contribution in [0.5, 0.6) is 0 Å². The van der Waals surface area contributed by atoms with Crippen molar-refractivity contribution in [3.05, 3.63) is 46.5 Å². The first-order valence-electron chi connectivity index (χ1n) is 6.42. The van der Waals surface area contributed by atoms with Crippen molar-refractivity contribution in [3.8, 4) is 5.69 Å². The van der Waals surface area contributed by atoms with E-state index in [2.05, 4.69) is 4.98 Å². The summed E-state index contributed by atoms with van der Waals surface area (Å²) in [5.41, 5.74) is 2.78. The highest BCUT2D eigenvalue weighted by atomic mass is 32.1. The number of aryl methyl sites for hydroxylation is 1. The van der Waals surface area contributed by atoms with E-state index in [1.165, 1.54) is 5.56 Å². The van der Waals surface area contributed by atoms with Crippen LogP contribution in [0.1, 0.15) is 17.4 Å². The van der Waals surface area contributed by atoms with Crippen LogP contribution >= 0.6 is 12.2 Å². The summed E-state index contributed by atoms with van der Waals surface area (Å²) in [6.45, 7) is 2.15. The highest BCUT2D eigenvalue weighted by Crippen LogP contribution is 2.29. The number of nitrogens with one attached hydrogen (secondary N) is 1. The molecule has 1 saturated heterocycles. The average Bonchev–Trinajstić information content (AvgIpc) is 2.95. The van der Waals surface area contributed by atoms with E-state index in [1.54, 1.807) is 6.20 Å². The van der Waals surface area contributed by atoms with Crippen molar-refractivity contribution in [2.75, 3.05) is 6.61 Å². The molecule has 6 heteroatoms. The van der Waals surface area contributed by atoms with Crippen LogP contribution in [0.25, 0.3) is 5.69 Å². The van der Waals surface area contributed by atoms with Gasteiger partial charge in [0.25, 0.3) is 0 Å². The zero-order valence-corrected chi connectivity index (χ0v) is 11.8. The number of benzene rings is 1. The SMILES string of the molecule is Cc1ccc(-n2cc([C@H]3OC[C@@H](O)[C@H]3O)[nH]c2=S)cc1. The zero-order chi connectivity index (χ0) is 14.3. The summed E-state index contributed by atoms with van der Waals surface area (Å²) in [4.78, 5) is 3.03. The molecule has 1 aromatic carbocycles. The monoisotopic (exact) mass is 292 g/mol. The van der Waals surface area contributed by atoms with E-state index < -0.39 is 18.3 Å². The Morgan fingerprint density at radius 3 is 2.60 bits per heavy atom. The van der Waals surface area contributed by atoms with Gasteiger partial charge in [-0.2, -0.15) is 0 Å². The zero-order valence-electron chi connectivity index (χ0n) is 11.0. The van der Waals surface area contributed by atoms with Gasteiger partial charge in [0.15, 0.2) is 4.77 Å². The van der Waals surface area contributed by atoms with E-state index in [0.717, 1.165) is 5.69 Å². The van der Waals surface area contributed by atoms with Crippen molar-refractivity contribution >= 4 is 12.2 Å². The lowest BCUT2D eigenvalue weighted by Crippen LogP contribution is -2.25. The van der Waals surface area contributed by atoms with Crippen LogP contribution in [0.15, 0.2) is 30.5 Å². The number of ether oxygens (including phenoxy) is 1. The first-order chi connectivity index (χ1) is 9.56. The Balaban J connectivity index is 1.95. The van der Waals surface area contributed by atoms with E-state index in [9.17, 15) is 10.2 Å². The normalized spacial score (nSPS) is 26.1. The lowest BCUT2D eigenvalue weighted by atomic mass is 10.1. The molecule has 2 heterocycles. The lowest BCUT2D eigenvalue weighted by molar-refractivity contribution is 0.0207. The molecule has 0 aliphatic carbocycles. The molecule has 0 spiro atoms. The van der Waals surface area contributed by atoms with Gasteiger partial charge in [0, 0.05) is 11.9 Å². The van der Waals surface area contributed by atoms with Crippen molar-refractivity contribution < 1.29 is 14.9 Å². The summed E-state index contributed by atoms with van der Waals surface area (Å²) in [6.07, 6.45) is -0.559. The summed E-state index contributed by atoms with van der Waals surface area (Å²) >= 11 is 5.30. The molecule has 1 fully saturated rings. The van der Waals surface area contributed by atoms with Crippen LogP contribution in [0.3, 0.4) is 0 Å². The molecule has 3 rings (SSSR count). The number of aliphatic hydroxyl groups excluding tert-OH is 2. The number of aromatic amines is 1. The Morgan fingerprint density at radius 2 is 2.00 bits per heavy atom. The molecular weight excluding hydrogens is 276 g/mol. The molecule has 0 bridgehead atoms. The fourth-order valence-corrected chi connectivity index (χ4v) is 2.61. The Hall–Kier alpha value is -1.47. The Labute approximate surface area is 121 Å². The van der Waals surface area contributed by atoms with Gasteiger partial charge in [0.05, 0.1) is 12.3 Å². The number of imidazole rings is 1. The first-order valence-corrected chi connectivity index (χ1v) is 6.83. The van der Waals surface area contributed by atoms with E-state index in [1.807, 2.05) is 35.8 Å². The van der Waals surface area contributed by atoms with Crippen LogP contribution in [-0.2, 0) is 4.74 Å². The molecule has 1 aliphatic rings. The lowest BCUT2D eigenvalue weighted by Gasteiger charge is -2.12. The van der Waals surface area contributed by atoms with Gasteiger partial charge in [0.1, 0.15) is 18.3 Å². The van der Waals surface area contributed by atoms with Crippen LogP contribution in [0.2, 0.25) is 0 Å². The number of rotatable bonds is 2. The standard InChI is InChI=1S/C14H16N2O3S/c1-8-2-4-9(5-3-8)16-6-10(15-14(16)20)13-12(18)11(17)7-19-13/h2-6,11-13,17-18H,7H2,1H3,(H,15,20)/t11-,12-,13-/m1/s1. The van der Waals surface area contributed by atoms with Crippen molar-refractivity contribution in [1.82, 2.24) is 9.55 Å². The minimum Gasteiger partial charge on any atom is -0.388 e. The molecule has 20 heavy (non-hydrogen) atoms. The maximum absolute atomic E-state index is 9.88. The van der Waals surface area contributed by atoms with Gasteiger partial charge in [-0.1, -0.05) is 17.7 Å². The van der Waals surface area contributed by atoms with Gasteiger partial charge >= 0.3 is 0 Å². The van der Waals surface area contributed by atoms with Crippen molar-refractivity contribution in [2.24, 2.45) is 0 Å². The second-order valence-electron chi connectivity index (χ2n) is 5.03. The van der Waals surface area contributed by atoms with Gasteiger partial charge in [-0.3, -0.25) is 4.57 Å². The molecule has 3 N–H and O–H groups in total.